The number of hydrogen-bond acceptors (Lipinski definition) is 16. The van der Waals surface area contributed by atoms with Crippen LogP contribution in [0, 0.1) is 10.8 Å². The van der Waals surface area contributed by atoms with Gasteiger partial charge < -0.3 is 48.1 Å². The molecule has 1 unspecified atom stereocenters. The van der Waals surface area contributed by atoms with Crippen LogP contribution in [-0.4, -0.2) is 124 Å². The first kappa shape index (κ1) is 61.7. The molecule has 0 spiro atoms. The fourth-order valence-corrected chi connectivity index (χ4v) is 8.49. The monoisotopic (exact) mass is 963 g/mol. The van der Waals surface area contributed by atoms with Gasteiger partial charge in [0.15, 0.2) is 12.2 Å². The SMILES string of the molecule is C=CC[C@@H]1C/C(=C\C(=O)OC)[C@H](OC(=O)CCCCCCC)[C@](OC)(C(C)(C)/C=C/C=O)O1.CCCCCCCC(=O)O[C@H]1/C(=C/C(=O)OC)C[C@@H](CC(O)CO)O[C@@]1(OC)C(C)(C)/C=C/C=O. The van der Waals surface area contributed by atoms with E-state index in [1.165, 1.54) is 52.7 Å². The highest BCUT2D eigenvalue weighted by Gasteiger charge is 2.60. The smallest absolute Gasteiger partial charge is 0.330 e. The third-order valence-electron chi connectivity index (χ3n) is 12.2. The van der Waals surface area contributed by atoms with E-state index < -0.39 is 77.3 Å². The van der Waals surface area contributed by atoms with E-state index in [0.717, 1.165) is 57.8 Å². The average Bonchev–Trinajstić information content (AvgIpc) is 3.31. The average molecular weight is 963 g/mol. The van der Waals surface area contributed by atoms with E-state index in [-0.39, 0.29) is 31.8 Å². The Labute approximate surface area is 404 Å². The number of allylic oxidation sites excluding steroid dienone is 2. The van der Waals surface area contributed by atoms with Crippen molar-refractivity contribution >= 4 is 36.4 Å². The van der Waals surface area contributed by atoms with Crippen molar-refractivity contribution in [3.63, 3.8) is 0 Å². The molecule has 0 aromatic heterocycles. The molecule has 0 bridgehead atoms. The molecule has 68 heavy (non-hydrogen) atoms. The van der Waals surface area contributed by atoms with Crippen molar-refractivity contribution in [2.45, 2.75) is 186 Å². The van der Waals surface area contributed by atoms with E-state index in [1.54, 1.807) is 32.1 Å². The Morgan fingerprint density at radius 2 is 1.09 bits per heavy atom. The Morgan fingerprint density at radius 3 is 1.44 bits per heavy atom. The van der Waals surface area contributed by atoms with Crippen LogP contribution in [0.15, 0.2) is 60.3 Å². The number of aliphatic hydroxyl groups is 2. The van der Waals surface area contributed by atoms with Crippen LogP contribution in [0.5, 0.6) is 0 Å². The molecular formula is C52H82O16. The van der Waals surface area contributed by atoms with Crippen LogP contribution in [0.1, 0.15) is 144 Å². The minimum absolute atomic E-state index is 0.0473. The number of unbranched alkanes of at least 4 members (excludes halogenated alkanes) is 8. The van der Waals surface area contributed by atoms with Gasteiger partial charge in [-0.3, -0.25) is 19.2 Å². The van der Waals surface area contributed by atoms with Crippen molar-refractivity contribution in [2.75, 3.05) is 35.0 Å². The number of methoxy groups -OCH3 is 4. The van der Waals surface area contributed by atoms with Crippen LogP contribution in [0.2, 0.25) is 0 Å². The lowest BCUT2D eigenvalue weighted by Crippen LogP contribution is -2.63. The van der Waals surface area contributed by atoms with Crippen molar-refractivity contribution in [1.82, 2.24) is 0 Å². The second-order valence-electron chi connectivity index (χ2n) is 18.2. The third-order valence-corrected chi connectivity index (χ3v) is 12.2. The van der Waals surface area contributed by atoms with Gasteiger partial charge >= 0.3 is 23.9 Å². The van der Waals surface area contributed by atoms with E-state index in [9.17, 15) is 39.0 Å². The first-order valence-corrected chi connectivity index (χ1v) is 23.9. The maximum Gasteiger partial charge on any atom is 0.330 e. The first-order valence-electron chi connectivity index (χ1n) is 23.9. The summed E-state index contributed by atoms with van der Waals surface area (Å²) < 4.78 is 46.1. The van der Waals surface area contributed by atoms with Crippen LogP contribution in [0.25, 0.3) is 0 Å². The predicted octanol–water partition coefficient (Wildman–Crippen LogP) is 7.86. The Balaban J connectivity index is 0.000000681. The molecule has 2 rings (SSSR count). The van der Waals surface area contributed by atoms with Crippen LogP contribution in [-0.2, 0) is 66.7 Å². The molecule has 0 aromatic rings. The maximum absolute atomic E-state index is 12.9. The molecule has 2 fully saturated rings. The van der Waals surface area contributed by atoms with E-state index in [1.807, 2.05) is 13.8 Å². The second-order valence-corrected chi connectivity index (χ2v) is 18.2. The van der Waals surface area contributed by atoms with Crippen molar-refractivity contribution in [3.05, 3.63) is 60.3 Å². The van der Waals surface area contributed by atoms with Crippen molar-refractivity contribution < 1.29 is 76.9 Å². The topological polar surface area (TPSA) is 217 Å². The minimum Gasteiger partial charge on any atom is -0.466 e. The van der Waals surface area contributed by atoms with Crippen molar-refractivity contribution in [2.24, 2.45) is 10.8 Å². The zero-order valence-electron chi connectivity index (χ0n) is 42.4. The molecule has 7 atom stereocenters. The summed E-state index contributed by atoms with van der Waals surface area (Å²) in [7, 11) is 5.39. The fraction of sp³-hybridized carbons (Fsp3) is 0.692. The van der Waals surface area contributed by atoms with Gasteiger partial charge in [0.2, 0.25) is 11.6 Å². The lowest BCUT2D eigenvalue weighted by Gasteiger charge is -2.53. The van der Waals surface area contributed by atoms with Crippen LogP contribution < -0.4 is 0 Å². The molecule has 2 heterocycles. The molecule has 0 aliphatic carbocycles. The summed E-state index contributed by atoms with van der Waals surface area (Å²) in [6.45, 7) is 14.7. The lowest BCUT2D eigenvalue weighted by atomic mass is 9.74. The Kier molecular flexibility index (Phi) is 28.8. The standard InChI is InChI=1S/C26H42O9.C26H40O7/c1-6-7-8-9-10-12-22(30)34-24-19(16-23(31)32-4)15-21(17-20(29)18-28)35-26(24,33-5)25(2,3)13-11-14-27;1-7-9-10-11-12-15-22(28)32-24-20(19-23(29)30-5)18-21(14-8-2)33-26(24,31-6)25(3,4)16-13-17-27/h11,13-14,16,20-21,24,28-29H,6-10,12,15,17-18H2,1-5H3;8,13,16-17,19,21,24H,2,7,9-12,14-15,18H2,1,3-6H3/b13-11+,19-16+;16-13+,20-19+/t20?,21-,24-,26+;21-,24+,26-/m01/s1. The molecule has 0 aromatic carbocycles. The van der Waals surface area contributed by atoms with Gasteiger partial charge in [-0.05, 0) is 55.4 Å². The number of aliphatic hydroxyl groups excluding tert-OH is 2. The number of ether oxygens (including phenoxy) is 8. The number of rotatable bonds is 29. The quantitative estimate of drug-likeness (QED) is 0.0182. The first-order chi connectivity index (χ1) is 32.3. The highest BCUT2D eigenvalue weighted by molar-refractivity contribution is 5.83. The van der Waals surface area contributed by atoms with Gasteiger partial charge in [0, 0.05) is 56.5 Å². The molecular weight excluding hydrogens is 881 g/mol. The summed E-state index contributed by atoms with van der Waals surface area (Å²) in [5.74, 6) is -5.17. The van der Waals surface area contributed by atoms with E-state index >= 15 is 0 Å². The Morgan fingerprint density at radius 1 is 0.691 bits per heavy atom. The van der Waals surface area contributed by atoms with Crippen LogP contribution >= 0.6 is 0 Å². The number of carbonyl (C=O) groups is 6. The second kappa shape index (κ2) is 31.7. The molecule has 2 aliphatic heterocycles. The fourth-order valence-electron chi connectivity index (χ4n) is 8.49. The molecule has 0 radical (unpaired) electrons. The molecule has 16 nitrogen and oxygen atoms in total. The third kappa shape index (κ3) is 18.5. The Hall–Kier alpha value is -4.32. The van der Waals surface area contributed by atoms with E-state index in [2.05, 4.69) is 20.4 Å². The van der Waals surface area contributed by atoms with Gasteiger partial charge in [0.25, 0.3) is 0 Å². The van der Waals surface area contributed by atoms with Gasteiger partial charge in [-0.1, -0.05) is 111 Å². The number of esters is 4. The number of hydrogen-bond donors (Lipinski definition) is 2. The number of carbonyl (C=O) groups excluding carboxylic acids is 6. The molecule has 2 N–H and O–H groups in total. The van der Waals surface area contributed by atoms with E-state index in [4.69, 9.17) is 37.9 Å². The Bertz CT molecular complexity index is 1710. The summed E-state index contributed by atoms with van der Waals surface area (Å²) in [5, 5.41) is 19.4. The summed E-state index contributed by atoms with van der Waals surface area (Å²) in [5.41, 5.74) is -0.989. The van der Waals surface area contributed by atoms with E-state index in [0.29, 0.717) is 43.0 Å². The number of aldehydes is 2. The molecule has 0 amide bonds. The molecule has 2 saturated heterocycles. The molecule has 0 saturated carbocycles. The molecule has 386 valence electrons. The zero-order chi connectivity index (χ0) is 51.4. The normalized spacial score (nSPS) is 24.8. The summed E-state index contributed by atoms with van der Waals surface area (Å²) in [6, 6.07) is 0. The maximum atomic E-state index is 12.9. The predicted molar refractivity (Wildman–Crippen MR) is 256 cm³/mol. The zero-order valence-corrected chi connectivity index (χ0v) is 42.4. The van der Waals surface area contributed by atoms with Crippen molar-refractivity contribution in [1.29, 1.82) is 0 Å². The minimum atomic E-state index is -1.64. The van der Waals surface area contributed by atoms with Crippen LogP contribution in [0.3, 0.4) is 0 Å². The van der Waals surface area contributed by atoms with Gasteiger partial charge in [-0.25, -0.2) is 9.59 Å². The highest BCUT2D eigenvalue weighted by atomic mass is 16.7. The van der Waals surface area contributed by atoms with Gasteiger partial charge in [0.05, 0.1) is 39.1 Å². The summed E-state index contributed by atoms with van der Waals surface area (Å²) >= 11 is 0. The lowest BCUT2D eigenvalue weighted by molar-refractivity contribution is -0.338. The van der Waals surface area contributed by atoms with Gasteiger partial charge in [0.1, 0.15) is 12.6 Å². The van der Waals surface area contributed by atoms with Crippen LogP contribution in [0.4, 0.5) is 0 Å². The van der Waals surface area contributed by atoms with Gasteiger partial charge in [-0.15, -0.1) is 6.58 Å². The van der Waals surface area contributed by atoms with Gasteiger partial charge in [-0.2, -0.15) is 0 Å². The highest BCUT2D eigenvalue weighted by Crippen LogP contribution is 2.50. The summed E-state index contributed by atoms with van der Waals surface area (Å²) in [6.07, 6.45) is 18.5. The van der Waals surface area contributed by atoms with Crippen molar-refractivity contribution in [3.8, 4) is 0 Å². The summed E-state index contributed by atoms with van der Waals surface area (Å²) in [4.78, 5) is 72.2. The molecule has 16 heteroatoms. The molecule has 2 aliphatic rings. The largest absolute Gasteiger partial charge is 0.466 e.